The van der Waals surface area contributed by atoms with E-state index in [1.54, 1.807) is 31.9 Å². The predicted molar refractivity (Wildman–Crippen MR) is 113 cm³/mol. The number of methoxy groups -OCH3 is 1. The molecular weight excluding hydrogens is 380 g/mol. The van der Waals surface area contributed by atoms with Gasteiger partial charge in [-0.1, -0.05) is 12.1 Å². The summed E-state index contributed by atoms with van der Waals surface area (Å²) in [5, 5.41) is 3.11. The van der Waals surface area contributed by atoms with E-state index in [2.05, 4.69) is 32.1 Å². The first-order valence-corrected chi connectivity index (χ1v) is 10.1. The number of imidazole rings is 1. The molecule has 30 heavy (non-hydrogen) atoms. The van der Waals surface area contributed by atoms with Crippen LogP contribution >= 0.6 is 0 Å². The van der Waals surface area contributed by atoms with Crippen LogP contribution in [-0.2, 0) is 24.3 Å². The van der Waals surface area contributed by atoms with Crippen molar-refractivity contribution in [1.29, 1.82) is 0 Å². The van der Waals surface area contributed by atoms with E-state index in [0.29, 0.717) is 26.1 Å². The first-order chi connectivity index (χ1) is 14.6. The zero-order valence-electron chi connectivity index (χ0n) is 17.3. The number of carbonyl (C=O) groups excluding carboxylic acids is 1. The topological polar surface area (TPSA) is 85.2 Å². The van der Waals surface area contributed by atoms with Crippen LogP contribution in [0.25, 0.3) is 0 Å². The third kappa shape index (κ3) is 3.98. The lowest BCUT2D eigenvalue weighted by Crippen LogP contribution is -2.64. The molecule has 4 rings (SSSR count). The number of ether oxygens (including phenoxy) is 1. The van der Waals surface area contributed by atoms with Crippen molar-refractivity contribution >= 4 is 11.7 Å². The number of benzene rings is 1. The van der Waals surface area contributed by atoms with Crippen LogP contribution in [0.15, 0.2) is 55.2 Å². The fourth-order valence-electron chi connectivity index (χ4n) is 3.95. The molecule has 1 amide bonds. The van der Waals surface area contributed by atoms with Gasteiger partial charge in [0.2, 0.25) is 5.91 Å². The Hall–Kier alpha value is -3.42. The van der Waals surface area contributed by atoms with Crippen molar-refractivity contribution in [3.05, 3.63) is 66.6 Å². The average molecular weight is 406 g/mol. The predicted octanol–water partition coefficient (Wildman–Crippen LogP) is 2.07. The van der Waals surface area contributed by atoms with E-state index in [4.69, 9.17) is 4.74 Å². The van der Waals surface area contributed by atoms with Crippen molar-refractivity contribution in [3.63, 3.8) is 0 Å². The molecule has 3 heterocycles. The van der Waals surface area contributed by atoms with Gasteiger partial charge in [0.15, 0.2) is 0 Å². The molecular formula is C22H26N6O2. The smallest absolute Gasteiger partial charge is 0.230 e. The molecule has 1 aliphatic heterocycles. The van der Waals surface area contributed by atoms with Gasteiger partial charge in [0.25, 0.3) is 0 Å². The second-order valence-electron chi connectivity index (χ2n) is 7.54. The van der Waals surface area contributed by atoms with Crippen molar-refractivity contribution < 1.29 is 9.53 Å². The second kappa shape index (κ2) is 8.52. The highest BCUT2D eigenvalue weighted by atomic mass is 16.5. The van der Waals surface area contributed by atoms with Crippen LogP contribution in [0.3, 0.4) is 0 Å². The molecule has 1 fully saturated rings. The van der Waals surface area contributed by atoms with Gasteiger partial charge in [-0.05, 0) is 31.0 Å². The monoisotopic (exact) mass is 406 g/mol. The third-order valence-corrected chi connectivity index (χ3v) is 5.57. The number of aromatic nitrogens is 4. The van der Waals surface area contributed by atoms with Gasteiger partial charge in [-0.25, -0.2) is 9.97 Å². The molecule has 0 saturated carbocycles. The van der Waals surface area contributed by atoms with Crippen LogP contribution in [0.2, 0.25) is 0 Å². The second-order valence-corrected chi connectivity index (χ2v) is 7.54. The van der Waals surface area contributed by atoms with E-state index < -0.39 is 5.41 Å². The Balaban J connectivity index is 1.52. The van der Waals surface area contributed by atoms with Gasteiger partial charge < -0.3 is 19.5 Å². The van der Waals surface area contributed by atoms with Crippen LogP contribution in [0.4, 0.5) is 5.82 Å². The molecule has 8 heteroatoms. The van der Waals surface area contributed by atoms with Gasteiger partial charge in [0, 0.05) is 44.4 Å². The van der Waals surface area contributed by atoms with E-state index >= 15 is 0 Å². The Morgan fingerprint density at radius 1 is 1.23 bits per heavy atom. The van der Waals surface area contributed by atoms with Crippen molar-refractivity contribution in [2.75, 3.05) is 25.1 Å². The number of nitrogens with zero attached hydrogens (tertiary/aromatic N) is 5. The number of anilines is 1. The summed E-state index contributed by atoms with van der Waals surface area (Å²) in [6.07, 6.45) is 9.35. The SMILES string of the molecule is CCn1ccnc1CNC(=O)C1(Cc2cccc(OC)c2)CN(c2cnccn2)C1. The minimum absolute atomic E-state index is 0.0242. The summed E-state index contributed by atoms with van der Waals surface area (Å²) < 4.78 is 7.38. The zero-order chi connectivity index (χ0) is 21.0. The van der Waals surface area contributed by atoms with Crippen LogP contribution in [0.1, 0.15) is 18.3 Å². The standard InChI is InChI=1S/C22H26N6O2/c1-3-27-10-9-25-20(27)14-26-21(29)22(12-17-5-4-6-18(11-17)30-2)15-28(16-22)19-13-23-7-8-24-19/h4-11,13H,3,12,14-16H2,1-2H3,(H,26,29). The lowest BCUT2D eigenvalue weighted by atomic mass is 9.73. The largest absolute Gasteiger partial charge is 0.497 e. The maximum absolute atomic E-state index is 13.3. The number of nitrogens with one attached hydrogen (secondary N) is 1. The van der Waals surface area contributed by atoms with Crippen LogP contribution in [0.5, 0.6) is 5.75 Å². The molecule has 3 aromatic rings. The van der Waals surface area contributed by atoms with Gasteiger partial charge in [-0.2, -0.15) is 0 Å². The lowest BCUT2D eigenvalue weighted by Gasteiger charge is -2.49. The Kier molecular flexibility index (Phi) is 5.65. The molecule has 1 aliphatic rings. The van der Waals surface area contributed by atoms with Gasteiger partial charge in [0.1, 0.15) is 17.4 Å². The number of amides is 1. The van der Waals surface area contributed by atoms with Gasteiger partial charge in [0.05, 0.1) is 25.3 Å². The summed E-state index contributed by atoms with van der Waals surface area (Å²) in [4.78, 5) is 28.3. The Morgan fingerprint density at radius 2 is 2.10 bits per heavy atom. The molecule has 0 atom stereocenters. The molecule has 0 radical (unpaired) electrons. The maximum Gasteiger partial charge on any atom is 0.230 e. The van der Waals surface area contributed by atoms with E-state index in [1.807, 2.05) is 35.0 Å². The van der Waals surface area contributed by atoms with Crippen molar-refractivity contribution in [2.24, 2.45) is 5.41 Å². The highest BCUT2D eigenvalue weighted by Crippen LogP contribution is 2.37. The summed E-state index contributed by atoms with van der Waals surface area (Å²) in [7, 11) is 1.65. The minimum atomic E-state index is -0.548. The molecule has 0 unspecified atom stereocenters. The maximum atomic E-state index is 13.3. The Labute approximate surface area is 175 Å². The highest BCUT2D eigenvalue weighted by Gasteiger charge is 2.49. The van der Waals surface area contributed by atoms with E-state index in [1.165, 1.54) is 0 Å². The van der Waals surface area contributed by atoms with Gasteiger partial charge in [-0.15, -0.1) is 0 Å². The molecule has 0 aliphatic carbocycles. The summed E-state index contributed by atoms with van der Waals surface area (Å²) in [5.74, 6) is 2.45. The number of carbonyl (C=O) groups is 1. The van der Waals surface area contributed by atoms with Crippen molar-refractivity contribution in [1.82, 2.24) is 24.8 Å². The molecule has 1 aromatic carbocycles. The molecule has 0 spiro atoms. The zero-order valence-corrected chi connectivity index (χ0v) is 17.3. The van der Waals surface area contributed by atoms with E-state index in [-0.39, 0.29) is 5.91 Å². The van der Waals surface area contributed by atoms with Crippen LogP contribution in [0, 0.1) is 5.41 Å². The molecule has 0 bridgehead atoms. The quantitative estimate of drug-likeness (QED) is 0.616. The number of rotatable bonds is 8. The summed E-state index contributed by atoms with van der Waals surface area (Å²) in [6.45, 7) is 4.45. The van der Waals surface area contributed by atoms with Crippen molar-refractivity contribution in [2.45, 2.75) is 26.4 Å². The average Bonchev–Trinajstić information content (AvgIpc) is 3.22. The van der Waals surface area contributed by atoms with Gasteiger partial charge >= 0.3 is 0 Å². The fourth-order valence-corrected chi connectivity index (χ4v) is 3.95. The number of hydrogen-bond acceptors (Lipinski definition) is 6. The summed E-state index contributed by atoms with van der Waals surface area (Å²) >= 11 is 0. The third-order valence-electron chi connectivity index (χ3n) is 5.57. The number of hydrogen-bond donors (Lipinski definition) is 1. The first-order valence-electron chi connectivity index (χ1n) is 10.1. The molecule has 1 N–H and O–H groups in total. The fraction of sp³-hybridized carbons (Fsp3) is 0.364. The number of aryl methyl sites for hydroxylation is 1. The van der Waals surface area contributed by atoms with Gasteiger partial charge in [-0.3, -0.25) is 9.78 Å². The van der Waals surface area contributed by atoms with E-state index in [9.17, 15) is 4.79 Å². The van der Waals surface area contributed by atoms with E-state index in [0.717, 1.165) is 29.5 Å². The van der Waals surface area contributed by atoms with Crippen LogP contribution < -0.4 is 15.0 Å². The normalized spacial score (nSPS) is 14.8. The molecule has 156 valence electrons. The Bertz CT molecular complexity index is 998. The van der Waals surface area contributed by atoms with Crippen molar-refractivity contribution in [3.8, 4) is 5.75 Å². The van der Waals surface area contributed by atoms with Crippen LogP contribution in [-0.4, -0.2) is 45.6 Å². The minimum Gasteiger partial charge on any atom is -0.497 e. The summed E-state index contributed by atoms with van der Waals surface area (Å²) in [5.41, 5.74) is 0.520. The Morgan fingerprint density at radius 3 is 2.83 bits per heavy atom. The highest BCUT2D eigenvalue weighted by molar-refractivity contribution is 5.86. The molecule has 2 aromatic heterocycles. The molecule has 8 nitrogen and oxygen atoms in total. The summed E-state index contributed by atoms with van der Waals surface area (Å²) in [6, 6.07) is 7.89. The molecule has 1 saturated heterocycles. The first kappa shape index (κ1) is 19.9. The lowest BCUT2D eigenvalue weighted by molar-refractivity contribution is -0.132.